The van der Waals surface area contributed by atoms with Gasteiger partial charge in [-0.25, -0.2) is 4.39 Å². The molecule has 0 unspecified atom stereocenters. The van der Waals surface area contributed by atoms with Crippen LogP contribution >= 0.6 is 0 Å². The van der Waals surface area contributed by atoms with Crippen LogP contribution in [0.4, 0.5) is 4.39 Å². The van der Waals surface area contributed by atoms with Crippen molar-refractivity contribution in [3.05, 3.63) is 53.1 Å². The van der Waals surface area contributed by atoms with Gasteiger partial charge in [0.15, 0.2) is 0 Å². The largest absolute Gasteiger partial charge is 0.287 e. The molecule has 2 rings (SSSR count). The molecule has 0 aliphatic rings. The molecule has 17 heavy (non-hydrogen) atoms. The highest BCUT2D eigenvalue weighted by molar-refractivity contribution is 6.08. The van der Waals surface area contributed by atoms with Gasteiger partial charge in [-0.05, 0) is 37.6 Å². The molecule has 0 aliphatic heterocycles. The molecule has 88 valence electrons. The second-order valence-electron chi connectivity index (χ2n) is 3.82. The van der Waals surface area contributed by atoms with E-state index >= 15 is 0 Å². The molecule has 0 saturated carbocycles. The van der Waals surface area contributed by atoms with Gasteiger partial charge in [-0.1, -0.05) is 6.07 Å². The van der Waals surface area contributed by atoms with Crippen molar-refractivity contribution in [2.45, 2.75) is 20.4 Å². The van der Waals surface area contributed by atoms with E-state index < -0.39 is 5.82 Å². The number of benzene rings is 1. The Hall–Kier alpha value is -1.97. The number of rotatable bonds is 3. The van der Waals surface area contributed by atoms with Crippen LogP contribution in [-0.4, -0.2) is 15.6 Å². The van der Waals surface area contributed by atoms with E-state index in [0.29, 0.717) is 17.8 Å². The van der Waals surface area contributed by atoms with Crippen LogP contribution < -0.4 is 0 Å². The lowest BCUT2D eigenvalue weighted by Gasteiger charge is -2.06. The van der Waals surface area contributed by atoms with E-state index in [1.807, 2.05) is 6.92 Å². The van der Waals surface area contributed by atoms with Gasteiger partial charge in [-0.3, -0.25) is 9.48 Å². The van der Waals surface area contributed by atoms with Gasteiger partial charge in [0.25, 0.3) is 0 Å². The number of nitrogens with zero attached hydrogens (tertiary/aromatic N) is 2. The molecule has 1 heterocycles. The second kappa shape index (κ2) is 4.49. The summed E-state index contributed by atoms with van der Waals surface area (Å²) in [5.41, 5.74) is 1.64. The normalized spacial score (nSPS) is 10.5. The van der Waals surface area contributed by atoms with Crippen LogP contribution in [-0.2, 0) is 6.54 Å². The van der Waals surface area contributed by atoms with Crippen molar-refractivity contribution in [2.24, 2.45) is 0 Å². The summed E-state index contributed by atoms with van der Waals surface area (Å²) in [6.07, 6.45) is 1.57. The number of aryl methyl sites for hydroxylation is 2. The summed E-state index contributed by atoms with van der Waals surface area (Å²) < 4.78 is 14.8. The zero-order valence-electron chi connectivity index (χ0n) is 9.77. The maximum absolute atomic E-state index is 13.2. The minimum atomic E-state index is -0.401. The van der Waals surface area contributed by atoms with Gasteiger partial charge >= 0.3 is 0 Å². The Morgan fingerprint density at radius 3 is 2.88 bits per heavy atom. The Morgan fingerprint density at radius 1 is 1.41 bits per heavy atom. The number of carbonyl (C=O) groups is 1. The lowest BCUT2D eigenvalue weighted by Crippen LogP contribution is -2.11. The van der Waals surface area contributed by atoms with Gasteiger partial charge in [0.2, 0.25) is 5.78 Å². The molecule has 0 bridgehead atoms. The predicted molar refractivity (Wildman–Crippen MR) is 62.5 cm³/mol. The highest BCUT2D eigenvalue weighted by atomic mass is 19.1. The third-order valence-corrected chi connectivity index (χ3v) is 2.69. The minimum absolute atomic E-state index is 0.193. The molecule has 0 N–H and O–H groups in total. The molecule has 0 fully saturated rings. The lowest BCUT2D eigenvalue weighted by molar-refractivity contribution is 0.102. The summed E-state index contributed by atoms with van der Waals surface area (Å²) in [6, 6.07) is 5.87. The molecular formula is C13H13FN2O. The Morgan fingerprint density at radius 2 is 2.18 bits per heavy atom. The number of halogens is 1. The van der Waals surface area contributed by atoms with Gasteiger partial charge < -0.3 is 0 Å². The monoisotopic (exact) mass is 232 g/mol. The average molecular weight is 232 g/mol. The fraction of sp³-hybridized carbons (Fsp3) is 0.231. The van der Waals surface area contributed by atoms with Gasteiger partial charge in [0, 0.05) is 18.3 Å². The summed E-state index contributed by atoms with van der Waals surface area (Å²) in [7, 11) is 0. The highest BCUT2D eigenvalue weighted by Gasteiger charge is 2.16. The van der Waals surface area contributed by atoms with Crippen molar-refractivity contribution >= 4 is 5.78 Å². The van der Waals surface area contributed by atoms with Crippen molar-refractivity contribution in [1.82, 2.24) is 9.78 Å². The van der Waals surface area contributed by atoms with E-state index in [1.54, 1.807) is 29.9 Å². The molecule has 0 saturated heterocycles. The summed E-state index contributed by atoms with van der Waals surface area (Å²) in [6.45, 7) is 4.31. The predicted octanol–water partition coefficient (Wildman–Crippen LogP) is 2.58. The van der Waals surface area contributed by atoms with Gasteiger partial charge in [0.05, 0.1) is 0 Å². The molecule has 3 nitrogen and oxygen atoms in total. The van der Waals surface area contributed by atoms with E-state index in [1.165, 1.54) is 12.1 Å². The highest BCUT2D eigenvalue weighted by Crippen LogP contribution is 2.15. The van der Waals surface area contributed by atoms with Crippen LogP contribution in [0.5, 0.6) is 0 Å². The third kappa shape index (κ3) is 2.11. The number of hydrogen-bond donors (Lipinski definition) is 0. The SMILES string of the molecule is CCn1nccc1C(=O)c1cc(F)ccc1C. The van der Waals surface area contributed by atoms with Gasteiger partial charge in [0.1, 0.15) is 11.5 Å². The van der Waals surface area contributed by atoms with Crippen LogP contribution in [0.25, 0.3) is 0 Å². The number of ketones is 1. The maximum Gasteiger partial charge on any atom is 0.211 e. The molecule has 2 aromatic rings. The summed E-state index contributed by atoms with van der Waals surface area (Å²) >= 11 is 0. The zero-order chi connectivity index (χ0) is 12.4. The molecule has 1 aromatic heterocycles. The molecular weight excluding hydrogens is 219 g/mol. The van der Waals surface area contributed by atoms with Crippen LogP contribution in [0.2, 0.25) is 0 Å². The summed E-state index contributed by atoms with van der Waals surface area (Å²) in [5, 5.41) is 4.04. The van der Waals surface area contributed by atoms with Crippen molar-refractivity contribution < 1.29 is 9.18 Å². The third-order valence-electron chi connectivity index (χ3n) is 2.69. The van der Waals surface area contributed by atoms with Crippen LogP contribution in [0.15, 0.2) is 30.5 Å². The van der Waals surface area contributed by atoms with Crippen molar-refractivity contribution in [3.63, 3.8) is 0 Å². The molecule has 0 radical (unpaired) electrons. The van der Waals surface area contributed by atoms with E-state index in [-0.39, 0.29) is 5.78 Å². The van der Waals surface area contributed by atoms with Crippen LogP contribution in [0.1, 0.15) is 28.5 Å². The first kappa shape index (κ1) is 11.5. The van der Waals surface area contributed by atoms with E-state index in [4.69, 9.17) is 0 Å². The molecule has 0 amide bonds. The fourth-order valence-corrected chi connectivity index (χ4v) is 1.75. The van der Waals surface area contributed by atoms with Gasteiger partial charge in [-0.15, -0.1) is 0 Å². The molecule has 0 atom stereocenters. The molecule has 1 aromatic carbocycles. The number of aromatic nitrogens is 2. The standard InChI is InChI=1S/C13H13FN2O/c1-3-16-12(6-7-15-16)13(17)11-8-10(14)5-4-9(11)2/h4-8H,3H2,1-2H3. The zero-order valence-corrected chi connectivity index (χ0v) is 9.77. The Labute approximate surface area is 98.9 Å². The fourth-order valence-electron chi connectivity index (χ4n) is 1.75. The molecule has 4 heteroatoms. The first-order valence-corrected chi connectivity index (χ1v) is 5.46. The van der Waals surface area contributed by atoms with Crippen molar-refractivity contribution in [2.75, 3.05) is 0 Å². The van der Waals surface area contributed by atoms with E-state index in [0.717, 1.165) is 5.56 Å². The first-order chi connectivity index (χ1) is 8.13. The van der Waals surface area contributed by atoms with Crippen LogP contribution in [0, 0.1) is 12.7 Å². The van der Waals surface area contributed by atoms with E-state index in [9.17, 15) is 9.18 Å². The average Bonchev–Trinajstić information content (AvgIpc) is 2.79. The molecule has 0 aliphatic carbocycles. The minimum Gasteiger partial charge on any atom is -0.287 e. The van der Waals surface area contributed by atoms with Crippen molar-refractivity contribution in [1.29, 1.82) is 0 Å². The quantitative estimate of drug-likeness (QED) is 0.762. The topological polar surface area (TPSA) is 34.9 Å². The lowest BCUT2D eigenvalue weighted by atomic mass is 10.0. The summed E-state index contributed by atoms with van der Waals surface area (Å²) in [5.74, 6) is -0.595. The second-order valence-corrected chi connectivity index (χ2v) is 3.82. The van der Waals surface area contributed by atoms with Crippen LogP contribution in [0.3, 0.4) is 0 Å². The Bertz CT molecular complexity index is 560. The number of carbonyl (C=O) groups excluding carboxylic acids is 1. The van der Waals surface area contributed by atoms with Gasteiger partial charge in [-0.2, -0.15) is 5.10 Å². The smallest absolute Gasteiger partial charge is 0.211 e. The van der Waals surface area contributed by atoms with E-state index in [2.05, 4.69) is 5.10 Å². The summed E-state index contributed by atoms with van der Waals surface area (Å²) in [4.78, 5) is 12.2. The molecule has 0 spiro atoms. The first-order valence-electron chi connectivity index (χ1n) is 5.46. The van der Waals surface area contributed by atoms with Crippen molar-refractivity contribution in [3.8, 4) is 0 Å². The Balaban J connectivity index is 2.47. The number of hydrogen-bond acceptors (Lipinski definition) is 2. The Kier molecular flexibility index (Phi) is 3.04. The maximum atomic E-state index is 13.2.